The molecular weight excluding hydrogens is 218 g/mol. The van der Waals surface area contributed by atoms with Crippen molar-refractivity contribution >= 4 is 17.6 Å². The second kappa shape index (κ2) is 8.00. The first-order valence-corrected chi connectivity index (χ1v) is 6.12. The van der Waals surface area contributed by atoms with E-state index in [9.17, 15) is 0 Å². The van der Waals surface area contributed by atoms with Gasteiger partial charge in [0, 0.05) is 12.6 Å². The molecule has 0 aliphatic heterocycles. The summed E-state index contributed by atoms with van der Waals surface area (Å²) in [5, 5.41) is 4.15. The van der Waals surface area contributed by atoms with Gasteiger partial charge in [-0.05, 0) is 26.5 Å². The summed E-state index contributed by atoms with van der Waals surface area (Å²) in [5.41, 5.74) is 1.14. The molecule has 88 valence electrons. The topological polar surface area (TPSA) is 37.8 Å². The van der Waals surface area contributed by atoms with Crippen LogP contribution in [0.2, 0.25) is 0 Å². The van der Waals surface area contributed by atoms with Crippen LogP contribution in [-0.4, -0.2) is 22.8 Å². The van der Waals surface area contributed by atoms with Crippen molar-refractivity contribution < 1.29 is 0 Å². The predicted octanol–water partition coefficient (Wildman–Crippen LogP) is 2.89. The van der Waals surface area contributed by atoms with Crippen LogP contribution in [0.15, 0.2) is 5.03 Å². The monoisotopic (exact) mass is 237 g/mol. The summed E-state index contributed by atoms with van der Waals surface area (Å²) in [7, 11) is 1.88. The number of hydrogen-bond acceptors (Lipinski definition) is 4. The van der Waals surface area contributed by atoms with Gasteiger partial charge < -0.3 is 5.32 Å². The molecule has 1 N–H and O–H groups in total. The molecule has 0 atom stereocenters. The van der Waals surface area contributed by atoms with Crippen molar-refractivity contribution in [1.29, 1.82) is 0 Å². The largest absolute Gasteiger partial charge is 0.373 e. The zero-order chi connectivity index (χ0) is 12.6. The highest BCUT2D eigenvalue weighted by Crippen LogP contribution is 2.23. The first kappa shape index (κ1) is 14.8. The normalized spacial score (nSPS) is 8.75. The first-order chi connectivity index (χ1) is 7.60. The highest BCUT2D eigenvalue weighted by atomic mass is 32.2. The van der Waals surface area contributed by atoms with Crippen molar-refractivity contribution in [3.05, 3.63) is 11.4 Å². The Morgan fingerprint density at radius 2 is 1.94 bits per heavy atom. The van der Waals surface area contributed by atoms with E-state index in [4.69, 9.17) is 0 Å². The zero-order valence-corrected chi connectivity index (χ0v) is 11.4. The molecule has 0 fully saturated rings. The number of terminal acetylenes is 1. The molecule has 1 aromatic heterocycles. The van der Waals surface area contributed by atoms with Gasteiger partial charge in [-0.1, -0.05) is 6.92 Å². The van der Waals surface area contributed by atoms with E-state index in [0.717, 1.165) is 28.0 Å². The quantitative estimate of drug-likeness (QED) is 0.498. The maximum atomic E-state index is 4.60. The summed E-state index contributed by atoms with van der Waals surface area (Å²) in [5.74, 6) is 5.05. The number of rotatable bonds is 3. The van der Waals surface area contributed by atoms with Crippen LogP contribution in [0, 0.1) is 26.2 Å². The number of aromatic nitrogens is 2. The van der Waals surface area contributed by atoms with E-state index in [1.54, 1.807) is 18.7 Å². The smallest absolute Gasteiger partial charge is 0.133 e. The highest BCUT2D eigenvalue weighted by Gasteiger charge is 2.06. The molecule has 0 aliphatic carbocycles. The number of aryl methyl sites for hydroxylation is 1. The van der Waals surface area contributed by atoms with Crippen LogP contribution < -0.4 is 5.32 Å². The Bertz CT molecular complexity index is 369. The number of nitrogens with zero attached hydrogens (tertiary/aromatic N) is 2. The Labute approximate surface area is 102 Å². The molecule has 3 nitrogen and oxygen atoms in total. The average Bonchev–Trinajstić information content (AvgIpc) is 2.24. The van der Waals surface area contributed by atoms with Gasteiger partial charge in [-0.25, -0.2) is 9.97 Å². The Morgan fingerprint density at radius 1 is 1.38 bits per heavy atom. The van der Waals surface area contributed by atoms with E-state index >= 15 is 0 Å². The maximum absolute atomic E-state index is 4.60. The molecule has 16 heavy (non-hydrogen) atoms. The van der Waals surface area contributed by atoms with Crippen LogP contribution in [0.3, 0.4) is 0 Å². The van der Waals surface area contributed by atoms with Gasteiger partial charge in [0.25, 0.3) is 0 Å². The van der Waals surface area contributed by atoms with Crippen LogP contribution in [0.1, 0.15) is 25.2 Å². The van der Waals surface area contributed by atoms with E-state index in [0.29, 0.717) is 0 Å². The molecule has 0 spiro atoms. The third-order valence-electron chi connectivity index (χ3n) is 1.73. The molecule has 0 radical (unpaired) electrons. The average molecular weight is 237 g/mol. The van der Waals surface area contributed by atoms with Crippen LogP contribution in [0.5, 0.6) is 0 Å². The lowest BCUT2D eigenvalue weighted by Gasteiger charge is -2.08. The molecule has 0 aliphatic rings. The molecule has 1 heterocycles. The van der Waals surface area contributed by atoms with Crippen molar-refractivity contribution in [2.75, 3.05) is 18.1 Å². The fraction of sp³-hybridized carbons (Fsp3) is 0.500. The van der Waals surface area contributed by atoms with Gasteiger partial charge in [-0.2, -0.15) is 0 Å². The first-order valence-electron chi connectivity index (χ1n) is 5.13. The van der Waals surface area contributed by atoms with Gasteiger partial charge in [0.15, 0.2) is 0 Å². The molecule has 1 aromatic rings. The molecule has 1 rings (SSSR count). The molecule has 0 aromatic carbocycles. The maximum Gasteiger partial charge on any atom is 0.133 e. The molecule has 0 saturated carbocycles. The number of anilines is 1. The number of hydrogen-bond donors (Lipinski definition) is 1. The number of thioether (sulfide) groups is 1. The lowest BCUT2D eigenvalue weighted by atomic mass is 10.3. The molecular formula is C12H19N3S. The minimum Gasteiger partial charge on any atom is -0.373 e. The van der Waals surface area contributed by atoms with Crippen LogP contribution in [0.4, 0.5) is 5.82 Å². The Balaban J connectivity index is 0.000000673. The van der Waals surface area contributed by atoms with Crippen molar-refractivity contribution in [1.82, 2.24) is 9.97 Å². The summed E-state index contributed by atoms with van der Waals surface area (Å²) in [6.45, 7) is 7.74. The molecule has 4 heteroatoms. The summed E-state index contributed by atoms with van der Waals surface area (Å²) in [6.07, 6.45) is 4.60. The second-order valence-electron chi connectivity index (χ2n) is 3.02. The molecule has 0 amide bonds. The van der Waals surface area contributed by atoms with Crippen molar-refractivity contribution in [2.45, 2.75) is 32.7 Å². The SMILES string of the molecule is C#CC.CCSc1nc(C)nc(NC)c1C. The molecule has 0 bridgehead atoms. The van der Waals surface area contributed by atoms with E-state index in [1.807, 2.05) is 20.9 Å². The summed E-state index contributed by atoms with van der Waals surface area (Å²) in [6, 6.07) is 0. The lowest BCUT2D eigenvalue weighted by Crippen LogP contribution is -2.02. The minimum absolute atomic E-state index is 0.825. The van der Waals surface area contributed by atoms with E-state index < -0.39 is 0 Å². The van der Waals surface area contributed by atoms with E-state index in [1.165, 1.54) is 0 Å². The zero-order valence-electron chi connectivity index (χ0n) is 10.6. The summed E-state index contributed by atoms with van der Waals surface area (Å²) in [4.78, 5) is 8.68. The second-order valence-corrected chi connectivity index (χ2v) is 4.27. The van der Waals surface area contributed by atoms with E-state index in [-0.39, 0.29) is 0 Å². The third-order valence-corrected chi connectivity index (χ3v) is 2.69. The lowest BCUT2D eigenvalue weighted by molar-refractivity contribution is 0.941. The minimum atomic E-state index is 0.825. The van der Waals surface area contributed by atoms with Crippen LogP contribution in [0.25, 0.3) is 0 Å². The predicted molar refractivity (Wildman–Crippen MR) is 72.0 cm³/mol. The summed E-state index contributed by atoms with van der Waals surface area (Å²) >= 11 is 1.75. The fourth-order valence-electron chi connectivity index (χ4n) is 1.12. The van der Waals surface area contributed by atoms with Gasteiger partial charge in [0.2, 0.25) is 0 Å². The van der Waals surface area contributed by atoms with Crippen LogP contribution >= 0.6 is 11.8 Å². The van der Waals surface area contributed by atoms with Crippen LogP contribution in [-0.2, 0) is 0 Å². The van der Waals surface area contributed by atoms with Crippen molar-refractivity contribution in [2.24, 2.45) is 0 Å². The van der Waals surface area contributed by atoms with Crippen molar-refractivity contribution in [3.63, 3.8) is 0 Å². The van der Waals surface area contributed by atoms with Gasteiger partial charge in [-0.15, -0.1) is 24.1 Å². The molecule has 0 unspecified atom stereocenters. The number of nitrogens with one attached hydrogen (secondary N) is 1. The van der Waals surface area contributed by atoms with Gasteiger partial charge in [0.05, 0.1) is 0 Å². The standard InChI is InChI=1S/C9H15N3S.C3H4/c1-5-13-9-6(2)8(10-4)11-7(3)12-9;1-3-2/h5H2,1-4H3,(H,10,11,12);1H,2H3. The van der Waals surface area contributed by atoms with Crippen molar-refractivity contribution in [3.8, 4) is 12.3 Å². The summed E-state index contributed by atoms with van der Waals surface area (Å²) < 4.78 is 0. The highest BCUT2D eigenvalue weighted by molar-refractivity contribution is 7.99. The third kappa shape index (κ3) is 4.54. The Morgan fingerprint density at radius 3 is 2.38 bits per heavy atom. The van der Waals surface area contributed by atoms with E-state index in [2.05, 4.69) is 34.6 Å². The van der Waals surface area contributed by atoms with Gasteiger partial charge >= 0.3 is 0 Å². The van der Waals surface area contributed by atoms with Gasteiger partial charge in [0.1, 0.15) is 16.7 Å². The Hall–Kier alpha value is -1.21. The fourth-order valence-corrected chi connectivity index (χ4v) is 1.91. The molecule has 0 saturated heterocycles. The van der Waals surface area contributed by atoms with Gasteiger partial charge in [-0.3, -0.25) is 0 Å². The Kier molecular flexibility index (Phi) is 7.40.